The van der Waals surface area contributed by atoms with Gasteiger partial charge in [0, 0.05) is 0 Å². The number of hydrogen-bond donors (Lipinski definition) is 0. The SMILES string of the molecule is CCCCCCCCCCC/C=C\B1OC(C)(C)C(C)(C)O1. The molecule has 0 spiro atoms. The smallest absolute Gasteiger partial charge is 0.400 e. The molecule has 0 bridgehead atoms. The molecule has 1 aliphatic heterocycles. The molecule has 0 N–H and O–H groups in total. The van der Waals surface area contributed by atoms with Crippen LogP contribution in [0.3, 0.4) is 0 Å². The van der Waals surface area contributed by atoms with Gasteiger partial charge >= 0.3 is 7.12 Å². The van der Waals surface area contributed by atoms with Crippen LogP contribution in [0.2, 0.25) is 0 Å². The van der Waals surface area contributed by atoms with Crippen LogP contribution >= 0.6 is 0 Å². The molecule has 22 heavy (non-hydrogen) atoms. The molecule has 0 saturated carbocycles. The molecule has 0 unspecified atom stereocenters. The van der Waals surface area contributed by atoms with Gasteiger partial charge in [-0.25, -0.2) is 0 Å². The lowest BCUT2D eigenvalue weighted by Gasteiger charge is -2.32. The van der Waals surface area contributed by atoms with Gasteiger partial charge < -0.3 is 9.31 Å². The Morgan fingerprint density at radius 2 is 1.18 bits per heavy atom. The Kier molecular flexibility index (Phi) is 8.78. The van der Waals surface area contributed by atoms with Crippen molar-refractivity contribution in [2.45, 2.75) is 110 Å². The molecule has 2 nitrogen and oxygen atoms in total. The third-order valence-electron chi connectivity index (χ3n) is 5.04. The molecule has 0 aromatic rings. The zero-order chi connectivity index (χ0) is 16.5. The molecule has 128 valence electrons. The Morgan fingerprint density at radius 1 is 0.727 bits per heavy atom. The first kappa shape index (κ1) is 19.8. The predicted octanol–water partition coefficient (Wildman–Crippen LogP) is 6.09. The highest BCUT2D eigenvalue weighted by Crippen LogP contribution is 2.36. The van der Waals surface area contributed by atoms with Crippen LogP contribution in [0, 0.1) is 0 Å². The van der Waals surface area contributed by atoms with E-state index in [9.17, 15) is 0 Å². The fourth-order valence-corrected chi connectivity index (χ4v) is 2.75. The number of allylic oxidation sites excluding steroid dienone is 1. The Balaban J connectivity index is 1.99. The third-order valence-corrected chi connectivity index (χ3v) is 5.04. The lowest BCUT2D eigenvalue weighted by molar-refractivity contribution is 0.00578. The molecular formula is C19H37BO2. The first-order chi connectivity index (χ1) is 10.4. The van der Waals surface area contributed by atoms with Crippen molar-refractivity contribution in [3.8, 4) is 0 Å². The second-order valence-corrected chi connectivity index (χ2v) is 7.67. The first-order valence-electron chi connectivity index (χ1n) is 9.41. The fourth-order valence-electron chi connectivity index (χ4n) is 2.75. The van der Waals surface area contributed by atoms with Crippen LogP contribution < -0.4 is 0 Å². The minimum atomic E-state index is -0.222. The summed E-state index contributed by atoms with van der Waals surface area (Å²) in [5.41, 5.74) is -0.445. The van der Waals surface area contributed by atoms with Gasteiger partial charge in [0.25, 0.3) is 0 Å². The van der Waals surface area contributed by atoms with Crippen molar-refractivity contribution in [1.82, 2.24) is 0 Å². The largest absolute Gasteiger partial charge is 0.486 e. The summed E-state index contributed by atoms with van der Waals surface area (Å²) in [6, 6.07) is 0. The molecule has 0 aromatic heterocycles. The first-order valence-corrected chi connectivity index (χ1v) is 9.41. The van der Waals surface area contributed by atoms with Crippen LogP contribution in [-0.4, -0.2) is 18.3 Å². The van der Waals surface area contributed by atoms with Gasteiger partial charge in [0.15, 0.2) is 0 Å². The molecule has 0 amide bonds. The van der Waals surface area contributed by atoms with Crippen LogP contribution in [0.25, 0.3) is 0 Å². The second kappa shape index (κ2) is 9.77. The van der Waals surface area contributed by atoms with Crippen LogP contribution in [0.4, 0.5) is 0 Å². The van der Waals surface area contributed by atoms with Crippen LogP contribution in [-0.2, 0) is 9.31 Å². The molecule has 3 heteroatoms. The average Bonchev–Trinajstić information content (AvgIpc) is 2.64. The van der Waals surface area contributed by atoms with Crippen LogP contribution in [0.5, 0.6) is 0 Å². The van der Waals surface area contributed by atoms with Gasteiger partial charge in [-0.3, -0.25) is 0 Å². The van der Waals surface area contributed by atoms with Crippen molar-refractivity contribution < 1.29 is 9.31 Å². The summed E-state index contributed by atoms with van der Waals surface area (Å²) in [6.07, 6.45) is 15.8. The summed E-state index contributed by atoms with van der Waals surface area (Å²) >= 11 is 0. The minimum absolute atomic E-state index is 0.177. The fraction of sp³-hybridized carbons (Fsp3) is 0.895. The summed E-state index contributed by atoms with van der Waals surface area (Å²) in [6.45, 7) is 10.7. The summed E-state index contributed by atoms with van der Waals surface area (Å²) in [7, 11) is -0.177. The molecule has 0 radical (unpaired) electrons. The van der Waals surface area contributed by atoms with Gasteiger partial charge in [0.2, 0.25) is 0 Å². The number of unbranched alkanes of at least 4 members (excludes halogenated alkanes) is 9. The zero-order valence-corrected chi connectivity index (χ0v) is 15.6. The Hall–Kier alpha value is -0.275. The summed E-state index contributed by atoms with van der Waals surface area (Å²) < 4.78 is 11.9. The highest BCUT2D eigenvalue weighted by atomic mass is 16.7. The molecule has 1 saturated heterocycles. The molecule has 0 aromatic carbocycles. The van der Waals surface area contributed by atoms with Crippen molar-refractivity contribution in [3.63, 3.8) is 0 Å². The van der Waals surface area contributed by atoms with Gasteiger partial charge in [-0.15, -0.1) is 0 Å². The lowest BCUT2D eigenvalue weighted by atomic mass is 9.89. The van der Waals surface area contributed by atoms with Gasteiger partial charge in [0.05, 0.1) is 11.2 Å². The summed E-state index contributed by atoms with van der Waals surface area (Å²) in [4.78, 5) is 0. The zero-order valence-electron chi connectivity index (χ0n) is 15.6. The van der Waals surface area contributed by atoms with E-state index < -0.39 is 0 Å². The number of hydrogen-bond acceptors (Lipinski definition) is 2. The van der Waals surface area contributed by atoms with E-state index in [1.165, 1.54) is 57.8 Å². The maximum atomic E-state index is 5.95. The third kappa shape index (κ3) is 6.87. The second-order valence-electron chi connectivity index (χ2n) is 7.67. The van der Waals surface area contributed by atoms with Crippen molar-refractivity contribution in [1.29, 1.82) is 0 Å². The summed E-state index contributed by atoms with van der Waals surface area (Å²) in [5.74, 6) is 2.08. The number of rotatable bonds is 11. The predicted molar refractivity (Wildman–Crippen MR) is 97.1 cm³/mol. The molecule has 0 aliphatic carbocycles. The average molecular weight is 308 g/mol. The maximum absolute atomic E-state index is 5.95. The van der Waals surface area contributed by atoms with Crippen molar-refractivity contribution >= 4 is 7.12 Å². The van der Waals surface area contributed by atoms with Crippen molar-refractivity contribution in [2.24, 2.45) is 0 Å². The van der Waals surface area contributed by atoms with E-state index in [-0.39, 0.29) is 18.3 Å². The highest BCUT2D eigenvalue weighted by molar-refractivity contribution is 6.51. The van der Waals surface area contributed by atoms with E-state index in [4.69, 9.17) is 9.31 Å². The molecule has 1 fully saturated rings. The van der Waals surface area contributed by atoms with Gasteiger partial charge in [-0.2, -0.15) is 0 Å². The van der Waals surface area contributed by atoms with E-state index in [0.29, 0.717) is 0 Å². The van der Waals surface area contributed by atoms with Crippen molar-refractivity contribution in [2.75, 3.05) is 0 Å². The highest BCUT2D eigenvalue weighted by Gasteiger charge is 2.49. The Morgan fingerprint density at radius 3 is 1.68 bits per heavy atom. The molecule has 1 heterocycles. The molecule has 1 rings (SSSR count). The van der Waals surface area contributed by atoms with Crippen LogP contribution in [0.15, 0.2) is 12.1 Å². The minimum Gasteiger partial charge on any atom is -0.400 e. The molecular weight excluding hydrogens is 271 g/mol. The van der Waals surface area contributed by atoms with Gasteiger partial charge in [0.1, 0.15) is 0 Å². The van der Waals surface area contributed by atoms with E-state index >= 15 is 0 Å². The van der Waals surface area contributed by atoms with E-state index in [1.807, 2.05) is 0 Å². The standard InChI is InChI=1S/C19H37BO2/c1-6-7-8-9-10-11-12-13-14-15-16-17-20-21-18(2,3)19(4,5)22-20/h16-17H,6-15H2,1-5H3/b17-16-. The molecule has 0 atom stereocenters. The van der Waals surface area contributed by atoms with Crippen LogP contribution in [0.1, 0.15) is 98.8 Å². The topological polar surface area (TPSA) is 18.5 Å². The Labute approximate surface area is 139 Å². The monoisotopic (exact) mass is 308 g/mol. The van der Waals surface area contributed by atoms with E-state index in [1.54, 1.807) is 0 Å². The summed E-state index contributed by atoms with van der Waals surface area (Å²) in [5, 5.41) is 0. The lowest BCUT2D eigenvalue weighted by Crippen LogP contribution is -2.41. The Bertz CT molecular complexity index is 307. The van der Waals surface area contributed by atoms with E-state index in [2.05, 4.69) is 46.7 Å². The quantitative estimate of drug-likeness (QED) is 0.339. The molecule has 1 aliphatic rings. The maximum Gasteiger partial charge on any atom is 0.486 e. The van der Waals surface area contributed by atoms with Gasteiger partial charge in [-0.1, -0.05) is 70.3 Å². The van der Waals surface area contributed by atoms with Gasteiger partial charge in [-0.05, 0) is 40.5 Å². The normalized spacial score (nSPS) is 20.1. The van der Waals surface area contributed by atoms with Crippen molar-refractivity contribution in [3.05, 3.63) is 12.1 Å². The van der Waals surface area contributed by atoms with E-state index in [0.717, 1.165) is 6.42 Å².